The molecule has 0 saturated carbocycles. The first-order valence-corrected chi connectivity index (χ1v) is 3.67. The number of hydrogen-bond acceptors (Lipinski definition) is 1. The molecule has 2 N–H and O–H groups in total. The Morgan fingerprint density at radius 3 is 2.70 bits per heavy atom. The summed E-state index contributed by atoms with van der Waals surface area (Å²) in [6.07, 6.45) is 0. The lowest BCUT2D eigenvalue weighted by atomic mass is 10.2. The summed E-state index contributed by atoms with van der Waals surface area (Å²) in [7, 11) is 0. The van der Waals surface area contributed by atoms with E-state index in [2.05, 4.69) is 15.9 Å². The van der Waals surface area contributed by atoms with E-state index in [0.29, 0.717) is 11.0 Å². The molecule has 0 spiro atoms. The second kappa shape index (κ2) is 3.12. The molecule has 10 heavy (non-hydrogen) atoms. The van der Waals surface area contributed by atoms with Gasteiger partial charge in [-0.1, -0.05) is 6.07 Å². The summed E-state index contributed by atoms with van der Waals surface area (Å²) in [6, 6.07) is 4.86. The first-order chi connectivity index (χ1) is 4.74. The van der Waals surface area contributed by atoms with Gasteiger partial charge in [0.15, 0.2) is 0 Å². The van der Waals surface area contributed by atoms with Crippen molar-refractivity contribution in [3.63, 3.8) is 0 Å². The second-order valence-corrected chi connectivity index (χ2v) is 2.81. The second-order valence-electron chi connectivity index (χ2n) is 1.95. The normalized spacial score (nSPS) is 9.90. The molecule has 0 heterocycles. The van der Waals surface area contributed by atoms with Crippen LogP contribution in [0.3, 0.4) is 0 Å². The number of nitrogens with two attached hydrogens (primary N) is 1. The first-order valence-electron chi connectivity index (χ1n) is 2.88. The number of benzene rings is 1. The van der Waals surface area contributed by atoms with Gasteiger partial charge in [0.2, 0.25) is 0 Å². The number of rotatable bonds is 1. The number of halogens is 2. The maximum Gasteiger partial charge on any atom is 0.137 e. The first kappa shape index (κ1) is 7.69. The minimum Gasteiger partial charge on any atom is -0.326 e. The highest BCUT2D eigenvalue weighted by atomic mass is 79.9. The van der Waals surface area contributed by atoms with Crippen molar-refractivity contribution >= 4 is 15.9 Å². The van der Waals surface area contributed by atoms with Crippen LogP contribution >= 0.6 is 15.9 Å². The molecule has 0 aromatic heterocycles. The van der Waals surface area contributed by atoms with Crippen LogP contribution in [-0.2, 0) is 6.54 Å². The van der Waals surface area contributed by atoms with Crippen molar-refractivity contribution in [2.75, 3.05) is 0 Å². The highest BCUT2D eigenvalue weighted by Gasteiger charge is 1.97. The summed E-state index contributed by atoms with van der Waals surface area (Å²) in [6.45, 7) is 0.379. The van der Waals surface area contributed by atoms with E-state index >= 15 is 0 Å². The van der Waals surface area contributed by atoms with Crippen LogP contribution in [-0.4, -0.2) is 0 Å². The minimum atomic E-state index is -0.261. The van der Waals surface area contributed by atoms with Gasteiger partial charge in [0.25, 0.3) is 0 Å². The summed E-state index contributed by atoms with van der Waals surface area (Å²) in [5.41, 5.74) is 6.09. The van der Waals surface area contributed by atoms with Gasteiger partial charge < -0.3 is 5.73 Å². The predicted octanol–water partition coefficient (Wildman–Crippen LogP) is 2.05. The molecule has 0 bridgehead atoms. The molecule has 1 aromatic carbocycles. The SMILES string of the molecule is NCc1ccc(Br)c(F)c1. The average Bonchev–Trinajstić information content (AvgIpc) is 1.95. The van der Waals surface area contributed by atoms with Crippen molar-refractivity contribution < 1.29 is 4.39 Å². The molecule has 54 valence electrons. The van der Waals surface area contributed by atoms with Gasteiger partial charge in [0.1, 0.15) is 5.82 Å². The Kier molecular flexibility index (Phi) is 2.40. The molecule has 0 unspecified atom stereocenters. The van der Waals surface area contributed by atoms with Gasteiger partial charge in [-0.25, -0.2) is 4.39 Å². The molecular formula is C7H7BrFN. The van der Waals surface area contributed by atoms with Gasteiger partial charge in [-0.05, 0) is 33.6 Å². The fourth-order valence-electron chi connectivity index (χ4n) is 0.667. The third kappa shape index (κ3) is 1.55. The molecule has 0 saturated heterocycles. The van der Waals surface area contributed by atoms with Crippen LogP contribution < -0.4 is 5.73 Å². The fourth-order valence-corrected chi connectivity index (χ4v) is 0.913. The van der Waals surface area contributed by atoms with Crippen molar-refractivity contribution in [1.82, 2.24) is 0 Å². The van der Waals surface area contributed by atoms with Crippen LogP contribution in [0.25, 0.3) is 0 Å². The Morgan fingerprint density at radius 2 is 2.20 bits per heavy atom. The zero-order valence-electron chi connectivity index (χ0n) is 5.27. The topological polar surface area (TPSA) is 26.0 Å². The Labute approximate surface area is 67.2 Å². The zero-order chi connectivity index (χ0) is 7.56. The largest absolute Gasteiger partial charge is 0.326 e. The molecule has 0 radical (unpaired) electrons. The number of hydrogen-bond donors (Lipinski definition) is 1. The van der Waals surface area contributed by atoms with Crippen molar-refractivity contribution in [1.29, 1.82) is 0 Å². The van der Waals surface area contributed by atoms with E-state index in [1.54, 1.807) is 12.1 Å². The minimum absolute atomic E-state index is 0.261. The van der Waals surface area contributed by atoms with Crippen molar-refractivity contribution in [2.24, 2.45) is 5.73 Å². The molecule has 0 aliphatic rings. The quantitative estimate of drug-likeness (QED) is 0.744. The lowest BCUT2D eigenvalue weighted by Crippen LogP contribution is -1.96. The highest BCUT2D eigenvalue weighted by molar-refractivity contribution is 9.10. The lowest BCUT2D eigenvalue weighted by Gasteiger charge is -1.96. The van der Waals surface area contributed by atoms with E-state index in [4.69, 9.17) is 5.73 Å². The third-order valence-corrected chi connectivity index (χ3v) is 1.86. The molecule has 1 aromatic rings. The van der Waals surface area contributed by atoms with Gasteiger partial charge >= 0.3 is 0 Å². The van der Waals surface area contributed by atoms with Crippen LogP contribution in [0.15, 0.2) is 22.7 Å². The van der Waals surface area contributed by atoms with Crippen molar-refractivity contribution in [3.05, 3.63) is 34.1 Å². The predicted molar refractivity (Wildman–Crippen MR) is 42.0 cm³/mol. The van der Waals surface area contributed by atoms with Gasteiger partial charge in [-0.15, -0.1) is 0 Å². The molecule has 0 atom stereocenters. The molecule has 0 fully saturated rings. The lowest BCUT2D eigenvalue weighted by molar-refractivity contribution is 0.619. The van der Waals surface area contributed by atoms with Gasteiger partial charge in [0.05, 0.1) is 4.47 Å². The molecule has 0 aliphatic heterocycles. The Morgan fingerprint density at radius 1 is 1.50 bits per heavy atom. The maximum absolute atomic E-state index is 12.7. The van der Waals surface area contributed by atoms with Crippen LogP contribution in [0.2, 0.25) is 0 Å². The van der Waals surface area contributed by atoms with Crippen LogP contribution in [0.5, 0.6) is 0 Å². The summed E-state index contributed by atoms with van der Waals surface area (Å²) in [5.74, 6) is -0.261. The van der Waals surface area contributed by atoms with E-state index in [0.717, 1.165) is 5.56 Å². The standard InChI is InChI=1S/C7H7BrFN/c8-6-2-1-5(4-10)3-7(6)9/h1-3H,4,10H2. The Hall–Kier alpha value is -0.410. The molecule has 0 aliphatic carbocycles. The van der Waals surface area contributed by atoms with Gasteiger partial charge in [0, 0.05) is 6.54 Å². The monoisotopic (exact) mass is 203 g/mol. The Balaban J connectivity index is 3.04. The summed E-state index contributed by atoms with van der Waals surface area (Å²) in [4.78, 5) is 0. The van der Waals surface area contributed by atoms with Gasteiger partial charge in [-0.2, -0.15) is 0 Å². The molecule has 0 amide bonds. The highest BCUT2D eigenvalue weighted by Crippen LogP contribution is 2.15. The van der Waals surface area contributed by atoms with E-state index < -0.39 is 0 Å². The van der Waals surface area contributed by atoms with E-state index in [-0.39, 0.29) is 5.82 Å². The van der Waals surface area contributed by atoms with Crippen molar-refractivity contribution in [3.8, 4) is 0 Å². The summed E-state index contributed by atoms with van der Waals surface area (Å²) >= 11 is 3.04. The molecule has 3 heteroatoms. The van der Waals surface area contributed by atoms with Crippen LogP contribution in [0, 0.1) is 5.82 Å². The van der Waals surface area contributed by atoms with Crippen LogP contribution in [0.4, 0.5) is 4.39 Å². The summed E-state index contributed by atoms with van der Waals surface area (Å²) < 4.78 is 13.1. The molecule has 1 rings (SSSR count). The fraction of sp³-hybridized carbons (Fsp3) is 0.143. The third-order valence-electron chi connectivity index (χ3n) is 1.22. The smallest absolute Gasteiger partial charge is 0.137 e. The molecule has 1 nitrogen and oxygen atoms in total. The van der Waals surface area contributed by atoms with E-state index in [1.165, 1.54) is 6.07 Å². The van der Waals surface area contributed by atoms with Crippen LogP contribution in [0.1, 0.15) is 5.56 Å². The zero-order valence-corrected chi connectivity index (χ0v) is 6.86. The van der Waals surface area contributed by atoms with E-state index in [9.17, 15) is 4.39 Å². The maximum atomic E-state index is 12.7. The summed E-state index contributed by atoms with van der Waals surface area (Å²) in [5, 5.41) is 0. The van der Waals surface area contributed by atoms with E-state index in [1.807, 2.05) is 0 Å². The molecular weight excluding hydrogens is 197 g/mol. The van der Waals surface area contributed by atoms with Gasteiger partial charge in [-0.3, -0.25) is 0 Å². The Bertz CT molecular complexity index is 237. The average molecular weight is 204 g/mol. The van der Waals surface area contributed by atoms with Crippen molar-refractivity contribution in [2.45, 2.75) is 6.54 Å².